The minimum absolute atomic E-state index is 0.103. The van der Waals surface area contributed by atoms with Crippen LogP contribution in [0.15, 0.2) is 0 Å². The van der Waals surface area contributed by atoms with Gasteiger partial charge in [-0.2, -0.15) is 0 Å². The zero-order valence-electron chi connectivity index (χ0n) is 13.5. The third-order valence-electron chi connectivity index (χ3n) is 3.11. The predicted octanol–water partition coefficient (Wildman–Crippen LogP) is 2.70. The van der Waals surface area contributed by atoms with Crippen molar-refractivity contribution in [2.45, 2.75) is 59.4 Å². The molecule has 0 saturated heterocycles. The first-order valence-corrected chi connectivity index (χ1v) is 7.30. The monoisotopic (exact) mass is 280 g/mol. The van der Waals surface area contributed by atoms with Gasteiger partial charge < -0.3 is 15.7 Å². The van der Waals surface area contributed by atoms with Gasteiger partial charge >= 0.3 is 0 Å². The Labute approximate surface area is 122 Å². The summed E-state index contributed by atoms with van der Waals surface area (Å²) in [6.45, 7) is 13.4. The molecule has 0 aliphatic heterocycles. The van der Waals surface area contributed by atoms with E-state index < -0.39 is 0 Å². The van der Waals surface area contributed by atoms with Crippen molar-refractivity contribution in [3.8, 4) is 0 Å². The van der Waals surface area contributed by atoms with Gasteiger partial charge in [-0.1, -0.05) is 20.8 Å². The number of aromatic nitrogens is 2. The van der Waals surface area contributed by atoms with Gasteiger partial charge in [0, 0.05) is 30.2 Å². The largest absolute Gasteiger partial charge is 0.396 e. The lowest BCUT2D eigenvalue weighted by Gasteiger charge is -2.22. The summed E-state index contributed by atoms with van der Waals surface area (Å²) in [6.07, 6.45) is 0.699. The van der Waals surface area contributed by atoms with Crippen molar-refractivity contribution in [2.75, 3.05) is 23.8 Å². The molecule has 0 bridgehead atoms. The average molecular weight is 280 g/mol. The van der Waals surface area contributed by atoms with Crippen molar-refractivity contribution in [3.63, 3.8) is 0 Å². The minimum atomic E-state index is -0.103. The third kappa shape index (κ3) is 4.34. The second kappa shape index (κ2) is 6.88. The summed E-state index contributed by atoms with van der Waals surface area (Å²) >= 11 is 0. The van der Waals surface area contributed by atoms with Gasteiger partial charge in [0.25, 0.3) is 0 Å². The predicted molar refractivity (Wildman–Crippen MR) is 84.4 cm³/mol. The minimum Gasteiger partial charge on any atom is -0.396 e. The molecular weight excluding hydrogens is 252 g/mol. The maximum atomic E-state index is 9.02. The summed E-state index contributed by atoms with van der Waals surface area (Å²) in [4.78, 5) is 9.30. The van der Waals surface area contributed by atoms with Crippen LogP contribution in [0.3, 0.4) is 0 Å². The Bertz CT molecular complexity index is 440. The smallest absolute Gasteiger partial charge is 0.138 e. The first kappa shape index (κ1) is 16.7. The molecule has 5 nitrogen and oxygen atoms in total. The van der Waals surface area contributed by atoms with Crippen molar-refractivity contribution < 1.29 is 5.11 Å². The van der Waals surface area contributed by atoms with Gasteiger partial charge in [0.2, 0.25) is 0 Å². The van der Waals surface area contributed by atoms with Crippen molar-refractivity contribution >= 4 is 11.6 Å². The van der Waals surface area contributed by atoms with E-state index >= 15 is 0 Å². The summed E-state index contributed by atoms with van der Waals surface area (Å²) in [5.41, 5.74) is 0.916. The molecule has 0 radical (unpaired) electrons. The maximum absolute atomic E-state index is 9.02. The molecule has 1 rings (SSSR count). The Kier molecular flexibility index (Phi) is 5.74. The second-order valence-electron chi connectivity index (χ2n) is 6.21. The Hall–Kier alpha value is -1.36. The summed E-state index contributed by atoms with van der Waals surface area (Å²) in [5.74, 6) is 2.55. The molecule has 1 atom stereocenters. The highest BCUT2D eigenvalue weighted by Crippen LogP contribution is 2.26. The van der Waals surface area contributed by atoms with Crippen LogP contribution in [0.1, 0.15) is 52.4 Å². The number of aliphatic hydroxyl groups excluding tert-OH is 1. The van der Waals surface area contributed by atoms with Crippen LogP contribution >= 0.6 is 0 Å². The van der Waals surface area contributed by atoms with Crippen LogP contribution in [0.25, 0.3) is 0 Å². The van der Waals surface area contributed by atoms with E-state index in [1.165, 1.54) is 0 Å². The van der Waals surface area contributed by atoms with Crippen molar-refractivity contribution in [1.82, 2.24) is 9.97 Å². The topological polar surface area (TPSA) is 70.1 Å². The maximum Gasteiger partial charge on any atom is 0.138 e. The molecule has 20 heavy (non-hydrogen) atoms. The lowest BCUT2D eigenvalue weighted by atomic mass is 9.95. The summed E-state index contributed by atoms with van der Waals surface area (Å²) in [5, 5.41) is 15.7. The van der Waals surface area contributed by atoms with Gasteiger partial charge in [0.1, 0.15) is 17.5 Å². The van der Waals surface area contributed by atoms with Crippen LogP contribution in [-0.2, 0) is 5.41 Å². The summed E-state index contributed by atoms with van der Waals surface area (Å²) in [6, 6.07) is 0.177. The number of nitrogens with one attached hydrogen (secondary N) is 2. The molecule has 0 fully saturated rings. The Morgan fingerprint density at radius 3 is 2.30 bits per heavy atom. The van der Waals surface area contributed by atoms with Gasteiger partial charge in [-0.25, -0.2) is 9.97 Å². The lowest BCUT2D eigenvalue weighted by Crippen LogP contribution is -2.23. The van der Waals surface area contributed by atoms with Crippen LogP contribution < -0.4 is 10.6 Å². The third-order valence-corrected chi connectivity index (χ3v) is 3.11. The zero-order valence-corrected chi connectivity index (χ0v) is 13.5. The Morgan fingerprint density at radius 1 is 1.20 bits per heavy atom. The van der Waals surface area contributed by atoms with Crippen LogP contribution in [0.4, 0.5) is 11.6 Å². The SMILES string of the molecule is CCNc1nc(C(C)(C)C)nc(NC(C)CCO)c1C. The van der Waals surface area contributed by atoms with Crippen LogP contribution in [0, 0.1) is 6.92 Å². The van der Waals surface area contributed by atoms with Gasteiger partial charge in [-0.3, -0.25) is 0 Å². The van der Waals surface area contributed by atoms with Crippen molar-refractivity contribution in [3.05, 3.63) is 11.4 Å². The molecule has 0 saturated carbocycles. The molecule has 0 amide bonds. The molecule has 0 aromatic carbocycles. The highest BCUT2D eigenvalue weighted by atomic mass is 16.3. The fourth-order valence-electron chi connectivity index (χ4n) is 1.83. The first-order valence-electron chi connectivity index (χ1n) is 7.30. The molecule has 0 aliphatic carbocycles. The van der Waals surface area contributed by atoms with E-state index in [0.717, 1.165) is 29.6 Å². The zero-order chi connectivity index (χ0) is 15.3. The van der Waals surface area contributed by atoms with Crippen LogP contribution in [0.5, 0.6) is 0 Å². The number of rotatable bonds is 6. The molecule has 5 heteroatoms. The Morgan fingerprint density at radius 2 is 1.80 bits per heavy atom. The standard InChI is InChI=1S/C15H28N4O/c1-7-16-12-11(3)13(17-10(2)8-9-20)19-14(18-12)15(4,5)6/h10,20H,7-9H2,1-6H3,(H2,16,17,18,19). The van der Waals surface area contributed by atoms with Gasteiger partial charge in [0.15, 0.2) is 0 Å². The van der Waals surface area contributed by atoms with Crippen LogP contribution in [-0.4, -0.2) is 34.3 Å². The fraction of sp³-hybridized carbons (Fsp3) is 0.733. The number of anilines is 2. The van der Waals surface area contributed by atoms with Gasteiger partial charge in [-0.05, 0) is 27.2 Å². The van der Waals surface area contributed by atoms with Crippen LogP contribution in [0.2, 0.25) is 0 Å². The van der Waals surface area contributed by atoms with Gasteiger partial charge in [0.05, 0.1) is 0 Å². The molecular formula is C15H28N4O. The van der Waals surface area contributed by atoms with E-state index in [4.69, 9.17) is 5.11 Å². The molecule has 1 aromatic heterocycles. The number of hydrogen-bond acceptors (Lipinski definition) is 5. The molecule has 0 aliphatic rings. The normalized spacial score (nSPS) is 13.2. The van der Waals surface area contributed by atoms with E-state index in [1.807, 2.05) is 13.8 Å². The van der Waals surface area contributed by atoms with E-state index in [9.17, 15) is 0 Å². The molecule has 0 spiro atoms. The highest BCUT2D eigenvalue weighted by molar-refractivity contribution is 5.58. The van der Waals surface area contributed by atoms with Crippen molar-refractivity contribution in [1.29, 1.82) is 0 Å². The fourth-order valence-corrected chi connectivity index (χ4v) is 1.83. The quantitative estimate of drug-likeness (QED) is 0.747. The first-order chi connectivity index (χ1) is 9.29. The Balaban J connectivity index is 3.16. The van der Waals surface area contributed by atoms with Crippen molar-refractivity contribution in [2.24, 2.45) is 0 Å². The number of aliphatic hydroxyl groups is 1. The number of nitrogens with zero attached hydrogens (tertiary/aromatic N) is 2. The van der Waals surface area contributed by atoms with Gasteiger partial charge in [-0.15, -0.1) is 0 Å². The van der Waals surface area contributed by atoms with E-state index in [2.05, 4.69) is 48.3 Å². The van der Waals surface area contributed by atoms with E-state index in [1.54, 1.807) is 0 Å². The average Bonchev–Trinajstić information content (AvgIpc) is 2.33. The molecule has 1 unspecified atom stereocenters. The summed E-state index contributed by atoms with van der Waals surface area (Å²) < 4.78 is 0. The lowest BCUT2D eigenvalue weighted by molar-refractivity contribution is 0.282. The molecule has 114 valence electrons. The van der Waals surface area contributed by atoms with E-state index in [0.29, 0.717) is 6.42 Å². The molecule has 3 N–H and O–H groups in total. The molecule has 1 heterocycles. The summed E-state index contributed by atoms with van der Waals surface area (Å²) in [7, 11) is 0. The second-order valence-corrected chi connectivity index (χ2v) is 6.21. The van der Waals surface area contributed by atoms with E-state index in [-0.39, 0.29) is 18.1 Å². The molecule has 1 aromatic rings. The number of hydrogen-bond donors (Lipinski definition) is 3. The highest BCUT2D eigenvalue weighted by Gasteiger charge is 2.21.